The average Bonchev–Trinajstić information content (AvgIpc) is 3.39. The first-order valence-electron chi connectivity index (χ1n) is 10.5. The van der Waals surface area contributed by atoms with E-state index >= 15 is 0 Å². The number of nitrogens with zero attached hydrogens (tertiary/aromatic N) is 5. The molecule has 1 fully saturated rings. The molecular weight excluding hydrogens is 417 g/mol. The van der Waals surface area contributed by atoms with Crippen molar-refractivity contribution in [3.05, 3.63) is 54.0 Å². The summed E-state index contributed by atoms with van der Waals surface area (Å²) in [6, 6.07) is 10.3. The Kier molecular flexibility index (Phi) is 7.03. The first-order valence-corrected chi connectivity index (χ1v) is 11.5. The van der Waals surface area contributed by atoms with Crippen molar-refractivity contribution in [3.8, 4) is 11.6 Å². The van der Waals surface area contributed by atoms with Crippen LogP contribution in [-0.4, -0.2) is 62.4 Å². The molecule has 1 aromatic carbocycles. The smallest absolute Gasteiger partial charge is 0.233 e. The highest BCUT2D eigenvalue weighted by Gasteiger charge is 2.21. The van der Waals surface area contributed by atoms with Gasteiger partial charge < -0.3 is 9.32 Å². The summed E-state index contributed by atoms with van der Waals surface area (Å²) in [5.41, 5.74) is 1.09. The van der Waals surface area contributed by atoms with E-state index in [1.54, 1.807) is 6.26 Å². The van der Waals surface area contributed by atoms with Gasteiger partial charge in [0.15, 0.2) is 16.7 Å². The van der Waals surface area contributed by atoms with Gasteiger partial charge >= 0.3 is 0 Å². The molecule has 3 heterocycles. The molecule has 9 heteroatoms. The normalized spacial score (nSPS) is 15.2. The molecule has 0 atom stereocenters. The van der Waals surface area contributed by atoms with Crippen molar-refractivity contribution in [3.63, 3.8) is 0 Å². The summed E-state index contributed by atoms with van der Waals surface area (Å²) in [6.07, 6.45) is 2.53. The lowest BCUT2D eigenvalue weighted by Crippen LogP contribution is -2.36. The summed E-state index contributed by atoms with van der Waals surface area (Å²) in [4.78, 5) is 17.1. The van der Waals surface area contributed by atoms with Gasteiger partial charge in [-0.15, -0.1) is 10.2 Å². The van der Waals surface area contributed by atoms with Gasteiger partial charge in [-0.25, -0.2) is 4.39 Å². The van der Waals surface area contributed by atoms with E-state index in [0.717, 1.165) is 43.3 Å². The Morgan fingerprint density at radius 1 is 1.13 bits per heavy atom. The number of hydrogen-bond donors (Lipinski definition) is 0. The Hall–Kier alpha value is -2.65. The molecule has 31 heavy (non-hydrogen) atoms. The fraction of sp³-hybridized carbons (Fsp3) is 0.409. The molecule has 1 aliphatic heterocycles. The van der Waals surface area contributed by atoms with Crippen LogP contribution in [0, 0.1) is 5.82 Å². The lowest BCUT2D eigenvalue weighted by molar-refractivity contribution is -0.128. The Labute approximate surface area is 185 Å². The second-order valence-corrected chi connectivity index (χ2v) is 8.40. The number of aromatic nitrogens is 3. The topological polar surface area (TPSA) is 67.4 Å². The minimum Gasteiger partial charge on any atom is -0.461 e. The third-order valence-corrected chi connectivity index (χ3v) is 6.31. The summed E-state index contributed by atoms with van der Waals surface area (Å²) in [5, 5.41) is 9.20. The average molecular weight is 444 g/mol. The third kappa shape index (κ3) is 5.34. The molecule has 0 aliphatic carbocycles. The minimum absolute atomic E-state index is 0.110. The van der Waals surface area contributed by atoms with Crippen molar-refractivity contribution in [2.75, 3.05) is 31.9 Å². The van der Waals surface area contributed by atoms with Gasteiger partial charge in [0.2, 0.25) is 5.91 Å². The van der Waals surface area contributed by atoms with Gasteiger partial charge in [-0.2, -0.15) is 0 Å². The molecule has 0 bridgehead atoms. The molecule has 3 aromatic rings. The lowest BCUT2D eigenvalue weighted by Gasteiger charge is -2.22. The molecule has 2 aromatic heterocycles. The summed E-state index contributed by atoms with van der Waals surface area (Å²) < 4.78 is 20.5. The lowest BCUT2D eigenvalue weighted by atomic mass is 10.2. The number of furan rings is 1. The van der Waals surface area contributed by atoms with Crippen LogP contribution in [-0.2, 0) is 17.9 Å². The fourth-order valence-corrected chi connectivity index (χ4v) is 4.62. The zero-order valence-electron chi connectivity index (χ0n) is 17.5. The van der Waals surface area contributed by atoms with E-state index in [1.165, 1.54) is 23.9 Å². The zero-order valence-corrected chi connectivity index (χ0v) is 18.4. The predicted octanol–water partition coefficient (Wildman–Crippen LogP) is 3.52. The molecule has 1 amide bonds. The molecule has 7 nitrogen and oxygen atoms in total. The van der Waals surface area contributed by atoms with E-state index in [-0.39, 0.29) is 11.7 Å². The van der Waals surface area contributed by atoms with Crippen LogP contribution in [0.25, 0.3) is 11.6 Å². The summed E-state index contributed by atoms with van der Waals surface area (Å²) in [7, 11) is 0. The zero-order chi connectivity index (χ0) is 21.6. The minimum atomic E-state index is -0.218. The maximum absolute atomic E-state index is 13.1. The quantitative estimate of drug-likeness (QED) is 0.521. The third-order valence-electron chi connectivity index (χ3n) is 5.36. The monoisotopic (exact) mass is 443 g/mol. The molecule has 0 saturated carbocycles. The number of rotatable bonds is 7. The van der Waals surface area contributed by atoms with Crippen LogP contribution < -0.4 is 0 Å². The first-order chi connectivity index (χ1) is 15.1. The molecule has 4 rings (SSSR count). The van der Waals surface area contributed by atoms with Crippen LogP contribution in [0.3, 0.4) is 0 Å². The number of halogens is 1. The maximum Gasteiger partial charge on any atom is 0.233 e. The largest absolute Gasteiger partial charge is 0.461 e. The van der Waals surface area contributed by atoms with Crippen molar-refractivity contribution in [2.24, 2.45) is 0 Å². The van der Waals surface area contributed by atoms with Gasteiger partial charge in [0.25, 0.3) is 0 Å². The predicted molar refractivity (Wildman–Crippen MR) is 117 cm³/mol. The number of thioether (sulfide) groups is 1. The van der Waals surface area contributed by atoms with Crippen molar-refractivity contribution in [2.45, 2.75) is 31.6 Å². The molecule has 0 radical (unpaired) electrons. The van der Waals surface area contributed by atoms with Gasteiger partial charge in [-0.05, 0) is 43.2 Å². The summed E-state index contributed by atoms with van der Waals surface area (Å²) in [6.45, 7) is 6.66. The second kappa shape index (κ2) is 10.1. The highest BCUT2D eigenvalue weighted by Crippen LogP contribution is 2.24. The van der Waals surface area contributed by atoms with Gasteiger partial charge in [0.05, 0.1) is 12.0 Å². The van der Waals surface area contributed by atoms with Crippen molar-refractivity contribution >= 4 is 17.7 Å². The van der Waals surface area contributed by atoms with Crippen LogP contribution >= 0.6 is 11.8 Å². The highest BCUT2D eigenvalue weighted by atomic mass is 32.2. The number of carbonyl (C=O) groups excluding carboxylic acids is 1. The van der Waals surface area contributed by atoms with Crippen LogP contribution in [0.1, 0.15) is 18.9 Å². The van der Waals surface area contributed by atoms with E-state index < -0.39 is 0 Å². The first kappa shape index (κ1) is 21.6. The van der Waals surface area contributed by atoms with E-state index in [4.69, 9.17) is 4.42 Å². The van der Waals surface area contributed by atoms with Crippen LogP contribution in [0.15, 0.2) is 52.2 Å². The van der Waals surface area contributed by atoms with E-state index in [0.29, 0.717) is 30.4 Å². The molecule has 0 unspecified atom stereocenters. The Morgan fingerprint density at radius 2 is 1.97 bits per heavy atom. The standard InChI is InChI=1S/C22H26FN5O2S/c1-2-28-21(19-5-3-14-30-19)24-25-22(28)31-16-20(29)27-11-4-10-26(12-13-27)15-17-6-8-18(23)9-7-17/h3,5-9,14H,2,4,10-13,15-16H2,1H3. The van der Waals surface area contributed by atoms with E-state index in [1.807, 2.05) is 40.7 Å². The molecule has 0 spiro atoms. The van der Waals surface area contributed by atoms with Gasteiger partial charge in [-0.1, -0.05) is 23.9 Å². The van der Waals surface area contributed by atoms with Crippen LogP contribution in [0.2, 0.25) is 0 Å². The number of benzene rings is 1. The van der Waals surface area contributed by atoms with E-state index in [9.17, 15) is 9.18 Å². The van der Waals surface area contributed by atoms with Crippen molar-refractivity contribution < 1.29 is 13.6 Å². The maximum atomic E-state index is 13.1. The molecule has 164 valence electrons. The SMILES string of the molecule is CCn1c(SCC(=O)N2CCCN(Cc3ccc(F)cc3)CC2)nnc1-c1ccco1. The van der Waals surface area contributed by atoms with Gasteiger partial charge in [0.1, 0.15) is 5.82 Å². The fourth-order valence-electron chi connectivity index (χ4n) is 3.71. The number of carbonyl (C=O) groups is 1. The highest BCUT2D eigenvalue weighted by molar-refractivity contribution is 7.99. The molecular formula is C22H26FN5O2S. The number of amides is 1. The van der Waals surface area contributed by atoms with Crippen molar-refractivity contribution in [1.82, 2.24) is 24.6 Å². The van der Waals surface area contributed by atoms with Gasteiger partial charge in [0, 0.05) is 39.3 Å². The molecule has 0 N–H and O–H groups in total. The summed E-state index contributed by atoms with van der Waals surface area (Å²) in [5.74, 6) is 1.56. The number of hydrogen-bond acceptors (Lipinski definition) is 6. The molecule has 1 saturated heterocycles. The van der Waals surface area contributed by atoms with Gasteiger partial charge in [-0.3, -0.25) is 14.3 Å². The second-order valence-electron chi connectivity index (χ2n) is 7.45. The van der Waals surface area contributed by atoms with E-state index in [2.05, 4.69) is 15.1 Å². The molecule has 1 aliphatic rings. The summed E-state index contributed by atoms with van der Waals surface area (Å²) >= 11 is 1.41. The van der Waals surface area contributed by atoms with Crippen LogP contribution in [0.5, 0.6) is 0 Å². The Balaban J connectivity index is 1.31. The Bertz CT molecular complexity index is 990. The van der Waals surface area contributed by atoms with Crippen LogP contribution in [0.4, 0.5) is 4.39 Å². The Morgan fingerprint density at radius 3 is 2.71 bits per heavy atom. The van der Waals surface area contributed by atoms with Crippen molar-refractivity contribution in [1.29, 1.82) is 0 Å².